The van der Waals surface area contributed by atoms with Crippen molar-refractivity contribution in [2.75, 3.05) is 6.61 Å². The van der Waals surface area contributed by atoms with Crippen LogP contribution in [0.2, 0.25) is 0 Å². The number of carbonyl (C=O) groups is 1. The van der Waals surface area contributed by atoms with Crippen molar-refractivity contribution in [1.82, 2.24) is 10.5 Å². The van der Waals surface area contributed by atoms with Gasteiger partial charge in [0.1, 0.15) is 5.60 Å². The van der Waals surface area contributed by atoms with Crippen molar-refractivity contribution in [2.45, 2.75) is 32.3 Å². The molecule has 1 atom stereocenters. The molecule has 0 spiro atoms. The second kappa shape index (κ2) is 6.32. The number of hydroxylamine groups is 1. The minimum absolute atomic E-state index is 0.123. The number of rotatable bonds is 6. The SMILES string of the molecule is CCONC(=O)CC(C)([O])Cc1cccnc1. The van der Waals surface area contributed by atoms with Crippen LogP contribution in [0.25, 0.3) is 0 Å². The van der Waals surface area contributed by atoms with E-state index in [0.717, 1.165) is 5.56 Å². The van der Waals surface area contributed by atoms with Crippen molar-refractivity contribution in [1.29, 1.82) is 0 Å². The van der Waals surface area contributed by atoms with E-state index in [1.807, 2.05) is 6.07 Å². The van der Waals surface area contributed by atoms with E-state index in [9.17, 15) is 9.90 Å². The second-order valence-electron chi connectivity index (χ2n) is 4.12. The maximum Gasteiger partial charge on any atom is 0.246 e. The van der Waals surface area contributed by atoms with Crippen molar-refractivity contribution in [3.8, 4) is 0 Å². The van der Waals surface area contributed by atoms with E-state index in [1.54, 1.807) is 25.4 Å². The summed E-state index contributed by atoms with van der Waals surface area (Å²) >= 11 is 0. The molecule has 1 N–H and O–H groups in total. The van der Waals surface area contributed by atoms with E-state index in [4.69, 9.17) is 4.84 Å². The molecule has 0 saturated heterocycles. The number of carbonyl (C=O) groups excluding carboxylic acids is 1. The highest BCUT2D eigenvalue weighted by Crippen LogP contribution is 2.17. The highest BCUT2D eigenvalue weighted by molar-refractivity contribution is 5.75. The summed E-state index contributed by atoms with van der Waals surface area (Å²) < 4.78 is 0. The van der Waals surface area contributed by atoms with Crippen molar-refractivity contribution in [3.05, 3.63) is 30.1 Å². The average Bonchev–Trinajstić information content (AvgIpc) is 2.26. The summed E-state index contributed by atoms with van der Waals surface area (Å²) in [7, 11) is 0. The quantitative estimate of drug-likeness (QED) is 0.757. The molecule has 1 aromatic rings. The van der Waals surface area contributed by atoms with Gasteiger partial charge in [-0.3, -0.25) is 14.6 Å². The molecule has 0 aliphatic carbocycles. The first-order chi connectivity index (χ1) is 8.03. The zero-order valence-electron chi connectivity index (χ0n) is 10.1. The van der Waals surface area contributed by atoms with Crippen LogP contribution >= 0.6 is 0 Å². The molecular weight excluding hydrogens is 220 g/mol. The molecule has 1 amide bonds. The fourth-order valence-electron chi connectivity index (χ4n) is 1.53. The lowest BCUT2D eigenvalue weighted by molar-refractivity contribution is -0.140. The molecule has 1 aromatic heterocycles. The number of nitrogens with zero attached hydrogens (tertiary/aromatic N) is 1. The van der Waals surface area contributed by atoms with Crippen LogP contribution in [0.5, 0.6) is 0 Å². The Bertz CT molecular complexity index is 352. The third kappa shape index (κ3) is 5.42. The van der Waals surface area contributed by atoms with E-state index in [2.05, 4.69) is 10.5 Å². The lowest BCUT2D eigenvalue weighted by Gasteiger charge is -2.19. The van der Waals surface area contributed by atoms with Gasteiger partial charge < -0.3 is 0 Å². The Morgan fingerprint density at radius 2 is 2.35 bits per heavy atom. The number of nitrogens with one attached hydrogen (secondary N) is 1. The predicted octanol–water partition coefficient (Wildman–Crippen LogP) is 1.27. The van der Waals surface area contributed by atoms with Gasteiger partial charge in [0.25, 0.3) is 0 Å². The van der Waals surface area contributed by atoms with Gasteiger partial charge in [-0.1, -0.05) is 6.07 Å². The molecule has 0 saturated carbocycles. The van der Waals surface area contributed by atoms with Gasteiger partial charge in [-0.2, -0.15) is 0 Å². The Morgan fingerprint density at radius 3 is 2.94 bits per heavy atom. The number of hydrogen-bond acceptors (Lipinski definition) is 3. The van der Waals surface area contributed by atoms with Gasteiger partial charge in [-0.15, -0.1) is 0 Å². The first kappa shape index (κ1) is 13.6. The molecule has 0 aromatic carbocycles. The summed E-state index contributed by atoms with van der Waals surface area (Å²) in [5.41, 5.74) is 1.69. The summed E-state index contributed by atoms with van der Waals surface area (Å²) in [4.78, 5) is 20.0. The van der Waals surface area contributed by atoms with Gasteiger partial charge in [0.05, 0.1) is 13.0 Å². The monoisotopic (exact) mass is 237 g/mol. The molecule has 5 nitrogen and oxygen atoms in total. The molecule has 5 heteroatoms. The number of hydrogen-bond donors (Lipinski definition) is 1. The van der Waals surface area contributed by atoms with Crippen LogP contribution in [-0.4, -0.2) is 23.1 Å². The van der Waals surface area contributed by atoms with Crippen LogP contribution in [0, 0.1) is 0 Å². The topological polar surface area (TPSA) is 71.1 Å². The standard InChI is InChI=1S/C12H17N2O3/c1-3-17-14-11(15)8-12(2,16)7-10-5-4-6-13-9-10/h4-6,9H,3,7-8H2,1-2H3,(H,14,15). The van der Waals surface area contributed by atoms with E-state index >= 15 is 0 Å². The van der Waals surface area contributed by atoms with Crippen molar-refractivity contribution in [2.24, 2.45) is 0 Å². The van der Waals surface area contributed by atoms with Crippen molar-refractivity contribution < 1.29 is 14.7 Å². The van der Waals surface area contributed by atoms with Gasteiger partial charge >= 0.3 is 0 Å². The summed E-state index contributed by atoms with van der Waals surface area (Å²) in [5, 5.41) is 12.1. The van der Waals surface area contributed by atoms with Crippen LogP contribution in [0.1, 0.15) is 25.8 Å². The largest absolute Gasteiger partial charge is 0.274 e. The Balaban J connectivity index is 2.48. The molecule has 93 valence electrons. The maximum absolute atomic E-state index is 12.1. The fourth-order valence-corrected chi connectivity index (χ4v) is 1.53. The molecule has 1 radical (unpaired) electrons. The lowest BCUT2D eigenvalue weighted by Crippen LogP contribution is -2.35. The molecule has 0 fully saturated rings. The van der Waals surface area contributed by atoms with Gasteiger partial charge in [-0.25, -0.2) is 10.6 Å². The molecule has 0 aliphatic rings. The Labute approximate surface area is 101 Å². The minimum Gasteiger partial charge on any atom is -0.274 e. The van der Waals surface area contributed by atoms with E-state index < -0.39 is 11.5 Å². The third-order valence-corrected chi connectivity index (χ3v) is 2.17. The Morgan fingerprint density at radius 1 is 1.59 bits per heavy atom. The predicted molar refractivity (Wildman–Crippen MR) is 61.4 cm³/mol. The zero-order valence-corrected chi connectivity index (χ0v) is 10.1. The van der Waals surface area contributed by atoms with Crippen LogP contribution in [-0.2, 0) is 21.2 Å². The van der Waals surface area contributed by atoms with Crippen LogP contribution in [0.3, 0.4) is 0 Å². The average molecular weight is 237 g/mol. The zero-order chi connectivity index (χ0) is 12.7. The summed E-state index contributed by atoms with van der Waals surface area (Å²) in [6.07, 6.45) is 3.42. The van der Waals surface area contributed by atoms with E-state index in [1.165, 1.54) is 6.92 Å². The van der Waals surface area contributed by atoms with Gasteiger partial charge in [0.15, 0.2) is 0 Å². The van der Waals surface area contributed by atoms with Crippen LogP contribution < -0.4 is 5.48 Å². The summed E-state index contributed by atoms with van der Waals surface area (Å²) in [6, 6.07) is 3.59. The Hall–Kier alpha value is -1.46. The number of aromatic nitrogens is 1. The van der Waals surface area contributed by atoms with Crippen molar-refractivity contribution in [3.63, 3.8) is 0 Å². The first-order valence-electron chi connectivity index (χ1n) is 5.53. The highest BCUT2D eigenvalue weighted by Gasteiger charge is 2.27. The smallest absolute Gasteiger partial charge is 0.246 e. The molecular formula is C12H17N2O3. The molecule has 1 rings (SSSR count). The first-order valence-corrected chi connectivity index (χ1v) is 5.53. The minimum atomic E-state index is -1.36. The maximum atomic E-state index is 12.1. The Kier molecular flexibility index (Phi) is 5.06. The second-order valence-corrected chi connectivity index (χ2v) is 4.12. The third-order valence-electron chi connectivity index (χ3n) is 2.17. The lowest BCUT2D eigenvalue weighted by atomic mass is 9.94. The number of pyridine rings is 1. The van der Waals surface area contributed by atoms with Crippen LogP contribution in [0.15, 0.2) is 24.5 Å². The summed E-state index contributed by atoms with van der Waals surface area (Å²) in [5.74, 6) is -0.395. The van der Waals surface area contributed by atoms with Crippen molar-refractivity contribution >= 4 is 5.91 Å². The fraction of sp³-hybridized carbons (Fsp3) is 0.500. The highest BCUT2D eigenvalue weighted by atomic mass is 16.6. The van der Waals surface area contributed by atoms with Gasteiger partial charge in [-0.05, 0) is 25.5 Å². The molecule has 0 aliphatic heterocycles. The van der Waals surface area contributed by atoms with Gasteiger partial charge in [0, 0.05) is 18.8 Å². The molecule has 17 heavy (non-hydrogen) atoms. The van der Waals surface area contributed by atoms with E-state index in [-0.39, 0.29) is 12.8 Å². The van der Waals surface area contributed by atoms with Crippen LogP contribution in [0.4, 0.5) is 0 Å². The van der Waals surface area contributed by atoms with E-state index in [0.29, 0.717) is 6.61 Å². The van der Waals surface area contributed by atoms with Gasteiger partial charge in [0.2, 0.25) is 5.91 Å². The molecule has 1 unspecified atom stereocenters. The molecule has 1 heterocycles. The normalized spacial score (nSPS) is 14.1. The summed E-state index contributed by atoms with van der Waals surface area (Å²) in [6.45, 7) is 3.64. The number of amides is 1. The molecule has 0 bridgehead atoms.